The van der Waals surface area contributed by atoms with Crippen molar-refractivity contribution >= 4 is 17.8 Å². The molecule has 2 bridgehead atoms. The number of aliphatic hydroxyl groups is 1. The van der Waals surface area contributed by atoms with Crippen molar-refractivity contribution in [1.29, 1.82) is 0 Å². The predicted molar refractivity (Wildman–Crippen MR) is 101 cm³/mol. The molecule has 8 nitrogen and oxygen atoms in total. The van der Waals surface area contributed by atoms with Crippen LogP contribution in [-0.2, 0) is 30.4 Å². The molecule has 29 heavy (non-hydrogen) atoms. The van der Waals surface area contributed by atoms with Gasteiger partial charge in [-0.05, 0) is 25.3 Å². The Morgan fingerprint density at radius 2 is 2.10 bits per heavy atom. The Morgan fingerprint density at radius 3 is 2.79 bits per heavy atom. The number of aliphatic hydroxyl groups excluding tert-OH is 1. The Bertz CT molecular complexity index is 800. The predicted octanol–water partition coefficient (Wildman–Crippen LogP) is 0.233. The summed E-state index contributed by atoms with van der Waals surface area (Å²) >= 11 is 0. The second-order valence-corrected chi connectivity index (χ2v) is 7.77. The molecule has 4 rings (SSSR count). The molecule has 2 unspecified atom stereocenters. The molecule has 1 spiro atoms. The molecular formula is C21H26N2O6. The fourth-order valence-electron chi connectivity index (χ4n) is 5.19. The maximum Gasteiger partial charge on any atom is 0.312 e. The maximum absolute atomic E-state index is 13.2. The molecule has 156 valence electrons. The molecule has 3 aliphatic rings. The van der Waals surface area contributed by atoms with Crippen LogP contribution in [0.25, 0.3) is 0 Å². The van der Waals surface area contributed by atoms with Crippen LogP contribution in [-0.4, -0.2) is 65.3 Å². The molecule has 2 amide bonds. The van der Waals surface area contributed by atoms with Crippen molar-refractivity contribution in [2.75, 3.05) is 19.8 Å². The van der Waals surface area contributed by atoms with E-state index in [1.54, 1.807) is 6.92 Å². The Hall–Kier alpha value is -2.45. The molecule has 0 aromatic heterocycles. The molecule has 3 fully saturated rings. The third-order valence-corrected chi connectivity index (χ3v) is 6.26. The second-order valence-electron chi connectivity index (χ2n) is 7.77. The van der Waals surface area contributed by atoms with Gasteiger partial charge in [0.25, 0.3) is 0 Å². The molecule has 3 saturated heterocycles. The summed E-state index contributed by atoms with van der Waals surface area (Å²) < 4.78 is 11.4. The van der Waals surface area contributed by atoms with Gasteiger partial charge >= 0.3 is 5.97 Å². The number of benzene rings is 1. The van der Waals surface area contributed by atoms with Crippen molar-refractivity contribution in [3.05, 3.63) is 35.9 Å². The number of likely N-dealkylation sites (tertiary alicyclic amines) is 1. The highest BCUT2D eigenvalue weighted by molar-refractivity contribution is 5.98. The summed E-state index contributed by atoms with van der Waals surface area (Å²) in [6, 6.07) is 8.61. The number of carbonyl (C=O) groups excluding carboxylic acids is 3. The van der Waals surface area contributed by atoms with Gasteiger partial charge in [0.1, 0.15) is 11.6 Å². The summed E-state index contributed by atoms with van der Waals surface area (Å²) in [6.45, 7) is 2.00. The van der Waals surface area contributed by atoms with Crippen molar-refractivity contribution in [3.8, 4) is 0 Å². The quantitative estimate of drug-likeness (QED) is 0.633. The minimum Gasteiger partial charge on any atom is -0.466 e. The van der Waals surface area contributed by atoms with Crippen LogP contribution in [0.4, 0.5) is 0 Å². The van der Waals surface area contributed by atoms with E-state index < -0.39 is 35.6 Å². The van der Waals surface area contributed by atoms with E-state index in [9.17, 15) is 19.5 Å². The van der Waals surface area contributed by atoms with Crippen LogP contribution in [0.2, 0.25) is 0 Å². The van der Waals surface area contributed by atoms with E-state index in [2.05, 4.69) is 5.32 Å². The monoisotopic (exact) mass is 402 g/mol. The number of nitrogens with zero attached hydrogens (tertiary/aromatic N) is 1. The number of β-amino-alcohol motifs (C(OH)–C–C–N with tert-alkyl or cyclic N) is 1. The largest absolute Gasteiger partial charge is 0.466 e. The number of fused-ring (bicyclic) bond motifs is 1. The number of ether oxygens (including phenoxy) is 2. The first-order chi connectivity index (χ1) is 14.0. The van der Waals surface area contributed by atoms with Gasteiger partial charge in [-0.3, -0.25) is 14.4 Å². The van der Waals surface area contributed by atoms with Gasteiger partial charge in [-0.1, -0.05) is 30.3 Å². The van der Waals surface area contributed by atoms with E-state index in [4.69, 9.17) is 9.47 Å². The van der Waals surface area contributed by atoms with Crippen molar-refractivity contribution < 1.29 is 29.0 Å². The van der Waals surface area contributed by atoms with E-state index in [1.165, 1.54) is 4.90 Å². The number of rotatable bonds is 7. The number of hydrogen-bond donors (Lipinski definition) is 2. The first-order valence-corrected chi connectivity index (χ1v) is 10.1. The standard InChI is InChI=1S/C21H26N2O6/c1-2-28-20(27)15-14-8-9-21(29-14)16(15)19(26)23(10-11-24)17(21)18(25)22-12-13-6-4-3-5-7-13/h3-7,14-17,24H,2,8-12H2,1H3,(H,22,25)/t14-,15+,16-,17?,21?/m0/s1. The number of hydrogen-bond acceptors (Lipinski definition) is 6. The number of nitrogens with one attached hydrogen (secondary N) is 1. The minimum atomic E-state index is -1.05. The molecule has 3 heterocycles. The van der Waals surface area contributed by atoms with Crippen LogP contribution in [0.3, 0.4) is 0 Å². The lowest BCUT2D eigenvalue weighted by atomic mass is 9.71. The number of amides is 2. The van der Waals surface area contributed by atoms with Gasteiger partial charge in [0, 0.05) is 13.1 Å². The Kier molecular flexibility index (Phi) is 5.31. The van der Waals surface area contributed by atoms with E-state index in [0.717, 1.165) is 5.56 Å². The van der Waals surface area contributed by atoms with Gasteiger partial charge < -0.3 is 24.8 Å². The van der Waals surface area contributed by atoms with Crippen molar-refractivity contribution in [2.45, 2.75) is 44.1 Å². The molecule has 1 aromatic carbocycles. The third-order valence-electron chi connectivity index (χ3n) is 6.26. The molecule has 0 saturated carbocycles. The average molecular weight is 402 g/mol. The zero-order valence-corrected chi connectivity index (χ0v) is 16.4. The topological polar surface area (TPSA) is 105 Å². The molecule has 5 atom stereocenters. The van der Waals surface area contributed by atoms with Gasteiger partial charge in [-0.15, -0.1) is 0 Å². The lowest BCUT2D eigenvalue weighted by molar-refractivity contribution is -0.154. The second kappa shape index (κ2) is 7.76. The van der Waals surface area contributed by atoms with Crippen LogP contribution < -0.4 is 5.32 Å². The highest BCUT2D eigenvalue weighted by Gasteiger charge is 2.74. The van der Waals surface area contributed by atoms with Crippen molar-refractivity contribution in [3.63, 3.8) is 0 Å². The molecular weight excluding hydrogens is 376 g/mol. The lowest BCUT2D eigenvalue weighted by Crippen LogP contribution is -2.55. The third kappa shape index (κ3) is 3.11. The summed E-state index contributed by atoms with van der Waals surface area (Å²) in [7, 11) is 0. The molecule has 0 radical (unpaired) electrons. The van der Waals surface area contributed by atoms with Gasteiger partial charge in [-0.25, -0.2) is 0 Å². The number of carbonyl (C=O) groups is 3. The van der Waals surface area contributed by atoms with Crippen LogP contribution in [0.5, 0.6) is 0 Å². The van der Waals surface area contributed by atoms with E-state index >= 15 is 0 Å². The Balaban J connectivity index is 1.61. The summed E-state index contributed by atoms with van der Waals surface area (Å²) in [5.74, 6) is -2.56. The summed E-state index contributed by atoms with van der Waals surface area (Å²) in [5, 5.41) is 12.4. The Morgan fingerprint density at radius 1 is 1.34 bits per heavy atom. The van der Waals surface area contributed by atoms with Crippen molar-refractivity contribution in [2.24, 2.45) is 11.8 Å². The molecule has 2 N–H and O–H groups in total. The fourth-order valence-corrected chi connectivity index (χ4v) is 5.19. The van der Waals surface area contributed by atoms with Crippen molar-refractivity contribution in [1.82, 2.24) is 10.2 Å². The molecule has 0 aliphatic carbocycles. The first kappa shape index (κ1) is 19.8. The van der Waals surface area contributed by atoms with E-state index in [0.29, 0.717) is 19.4 Å². The summed E-state index contributed by atoms with van der Waals surface area (Å²) in [6.07, 6.45) is 0.710. The molecule has 1 aromatic rings. The summed E-state index contributed by atoms with van der Waals surface area (Å²) in [4.78, 5) is 40.3. The van der Waals surface area contributed by atoms with Crippen LogP contribution in [0, 0.1) is 11.8 Å². The Labute approximate surface area is 169 Å². The average Bonchev–Trinajstić information content (AvgIpc) is 3.35. The van der Waals surface area contributed by atoms with Gasteiger partial charge in [0.05, 0.1) is 31.2 Å². The van der Waals surface area contributed by atoms with Gasteiger partial charge in [0.2, 0.25) is 11.8 Å². The normalized spacial score (nSPS) is 32.3. The summed E-state index contributed by atoms with van der Waals surface area (Å²) in [5.41, 5.74) is -0.108. The highest BCUT2D eigenvalue weighted by atomic mass is 16.6. The zero-order chi connectivity index (χ0) is 20.6. The number of esters is 1. The minimum absolute atomic E-state index is 0.0179. The van der Waals surface area contributed by atoms with Crippen LogP contribution >= 0.6 is 0 Å². The zero-order valence-electron chi connectivity index (χ0n) is 16.4. The fraction of sp³-hybridized carbons (Fsp3) is 0.571. The van der Waals surface area contributed by atoms with Gasteiger partial charge in [-0.2, -0.15) is 0 Å². The van der Waals surface area contributed by atoms with E-state index in [1.807, 2.05) is 30.3 Å². The molecule has 3 aliphatic heterocycles. The van der Waals surface area contributed by atoms with E-state index in [-0.39, 0.29) is 31.6 Å². The lowest BCUT2D eigenvalue weighted by Gasteiger charge is -2.33. The molecule has 8 heteroatoms. The highest BCUT2D eigenvalue weighted by Crippen LogP contribution is 2.58. The first-order valence-electron chi connectivity index (χ1n) is 10.1. The van der Waals surface area contributed by atoms with Gasteiger partial charge in [0.15, 0.2) is 0 Å². The van der Waals surface area contributed by atoms with Crippen LogP contribution in [0.1, 0.15) is 25.3 Å². The van der Waals surface area contributed by atoms with Crippen LogP contribution in [0.15, 0.2) is 30.3 Å². The SMILES string of the molecule is CCOC(=O)[C@@H]1[C@@H]2CCC3(O2)C(C(=O)NCc2ccccc2)N(CCO)C(=O)[C@H]13. The maximum atomic E-state index is 13.2. The smallest absolute Gasteiger partial charge is 0.312 e.